The summed E-state index contributed by atoms with van der Waals surface area (Å²) in [5.74, 6) is 2.76. The van der Waals surface area contributed by atoms with Gasteiger partial charge in [0, 0.05) is 12.1 Å². The van der Waals surface area contributed by atoms with Crippen LogP contribution in [0.4, 0.5) is 0 Å². The summed E-state index contributed by atoms with van der Waals surface area (Å²) in [5.41, 5.74) is 6.58. The number of nitrogens with zero attached hydrogens (tertiary/aromatic N) is 1. The lowest BCUT2D eigenvalue weighted by Crippen LogP contribution is -2.06. The normalized spacial score (nSPS) is 14.2. The topological polar surface area (TPSA) is 66.6 Å². The number of pyridine rings is 1. The Labute approximate surface area is 110 Å². The van der Waals surface area contributed by atoms with Crippen LogP contribution in [0.1, 0.15) is 18.7 Å². The Kier molecular flexibility index (Phi) is 2.97. The molecule has 2 heterocycles. The smallest absolute Gasteiger partial charge is 0.231 e. The maximum Gasteiger partial charge on any atom is 0.231 e. The van der Waals surface area contributed by atoms with Crippen molar-refractivity contribution in [2.24, 2.45) is 5.73 Å². The van der Waals surface area contributed by atoms with Crippen molar-refractivity contribution >= 4 is 0 Å². The minimum atomic E-state index is -0.0837. The molecule has 0 fully saturated rings. The van der Waals surface area contributed by atoms with Gasteiger partial charge in [0.25, 0.3) is 0 Å². The van der Waals surface area contributed by atoms with E-state index in [-0.39, 0.29) is 12.8 Å². The second kappa shape index (κ2) is 4.78. The lowest BCUT2D eigenvalue weighted by Gasteiger charge is -2.08. The van der Waals surface area contributed by atoms with Gasteiger partial charge in [0.05, 0.1) is 11.9 Å². The van der Waals surface area contributed by atoms with Gasteiger partial charge in [-0.3, -0.25) is 4.98 Å². The zero-order chi connectivity index (χ0) is 13.2. The lowest BCUT2D eigenvalue weighted by atomic mass is 10.2. The van der Waals surface area contributed by atoms with Crippen LogP contribution in [0.15, 0.2) is 36.5 Å². The Bertz CT molecular complexity index is 582. The Morgan fingerprint density at radius 2 is 1.95 bits per heavy atom. The third kappa shape index (κ3) is 2.46. The molecule has 5 nitrogen and oxygen atoms in total. The first-order chi connectivity index (χ1) is 9.22. The molecule has 0 saturated heterocycles. The molecule has 98 valence electrons. The molecule has 0 amide bonds. The van der Waals surface area contributed by atoms with Gasteiger partial charge < -0.3 is 19.9 Å². The van der Waals surface area contributed by atoms with Crippen LogP contribution < -0.4 is 19.9 Å². The fourth-order valence-electron chi connectivity index (χ4n) is 1.80. The van der Waals surface area contributed by atoms with Gasteiger partial charge in [0.2, 0.25) is 6.79 Å². The maximum atomic E-state index is 5.74. The number of fused-ring (bicyclic) bond motifs is 1. The largest absolute Gasteiger partial charge is 0.456 e. The molecule has 19 heavy (non-hydrogen) atoms. The van der Waals surface area contributed by atoms with E-state index in [4.69, 9.17) is 19.9 Å². The molecule has 1 aliphatic rings. The summed E-state index contributed by atoms with van der Waals surface area (Å²) < 4.78 is 16.2. The third-order valence-electron chi connectivity index (χ3n) is 2.81. The van der Waals surface area contributed by atoms with Crippen molar-refractivity contribution < 1.29 is 14.2 Å². The van der Waals surface area contributed by atoms with Gasteiger partial charge in [-0.05, 0) is 31.2 Å². The quantitative estimate of drug-likeness (QED) is 0.916. The second-order valence-corrected chi connectivity index (χ2v) is 4.32. The van der Waals surface area contributed by atoms with Crippen molar-refractivity contribution in [1.82, 2.24) is 4.98 Å². The van der Waals surface area contributed by atoms with Crippen LogP contribution in [0.5, 0.6) is 23.0 Å². The minimum Gasteiger partial charge on any atom is -0.456 e. The van der Waals surface area contributed by atoms with Crippen LogP contribution in [0.2, 0.25) is 0 Å². The Balaban J connectivity index is 1.77. The number of hydrogen-bond donors (Lipinski definition) is 1. The molecule has 0 radical (unpaired) electrons. The number of nitrogens with two attached hydrogens (primary N) is 1. The average molecular weight is 258 g/mol. The van der Waals surface area contributed by atoms with Gasteiger partial charge in [0.15, 0.2) is 11.5 Å². The first kappa shape index (κ1) is 11.8. The fourth-order valence-corrected chi connectivity index (χ4v) is 1.80. The van der Waals surface area contributed by atoms with Crippen LogP contribution in [0.25, 0.3) is 0 Å². The van der Waals surface area contributed by atoms with E-state index in [2.05, 4.69) is 4.98 Å². The molecule has 0 spiro atoms. The summed E-state index contributed by atoms with van der Waals surface area (Å²) >= 11 is 0. The first-order valence-corrected chi connectivity index (χ1v) is 6.01. The number of hydrogen-bond acceptors (Lipinski definition) is 5. The number of rotatable bonds is 3. The summed E-state index contributed by atoms with van der Waals surface area (Å²) in [6.45, 7) is 2.14. The fraction of sp³-hybridized carbons (Fsp3) is 0.214. The van der Waals surface area contributed by atoms with Gasteiger partial charge in [-0.1, -0.05) is 0 Å². The molecule has 0 aliphatic carbocycles. The van der Waals surface area contributed by atoms with Crippen LogP contribution in [0.3, 0.4) is 0 Å². The van der Waals surface area contributed by atoms with E-state index < -0.39 is 0 Å². The molecule has 1 atom stereocenters. The van der Waals surface area contributed by atoms with Crippen LogP contribution in [-0.2, 0) is 0 Å². The summed E-state index contributed by atoms with van der Waals surface area (Å²) in [7, 11) is 0. The summed E-state index contributed by atoms with van der Waals surface area (Å²) in [5, 5.41) is 0. The highest BCUT2D eigenvalue weighted by Crippen LogP contribution is 2.36. The van der Waals surface area contributed by atoms with Crippen molar-refractivity contribution in [3.05, 3.63) is 42.2 Å². The highest BCUT2D eigenvalue weighted by molar-refractivity contribution is 5.47. The van der Waals surface area contributed by atoms with Crippen molar-refractivity contribution in [2.75, 3.05) is 6.79 Å². The molecule has 3 rings (SSSR count). The third-order valence-corrected chi connectivity index (χ3v) is 2.81. The lowest BCUT2D eigenvalue weighted by molar-refractivity contribution is 0.174. The molecule has 1 aromatic heterocycles. The Morgan fingerprint density at radius 1 is 1.16 bits per heavy atom. The summed E-state index contributed by atoms with van der Waals surface area (Å²) in [6, 6.07) is 9.05. The molecule has 5 heteroatoms. The van der Waals surface area contributed by atoms with E-state index in [1.54, 1.807) is 12.3 Å². The average Bonchev–Trinajstić information content (AvgIpc) is 2.87. The minimum absolute atomic E-state index is 0.0837. The van der Waals surface area contributed by atoms with Crippen LogP contribution >= 0.6 is 0 Å². The van der Waals surface area contributed by atoms with E-state index in [0.29, 0.717) is 17.2 Å². The molecular weight excluding hydrogens is 244 g/mol. The molecule has 2 N–H and O–H groups in total. The van der Waals surface area contributed by atoms with Crippen molar-refractivity contribution in [2.45, 2.75) is 13.0 Å². The van der Waals surface area contributed by atoms with Crippen LogP contribution in [0, 0.1) is 0 Å². The highest BCUT2D eigenvalue weighted by Gasteiger charge is 2.14. The molecule has 1 aromatic carbocycles. The first-order valence-electron chi connectivity index (χ1n) is 6.01. The van der Waals surface area contributed by atoms with Gasteiger partial charge in [0.1, 0.15) is 11.5 Å². The van der Waals surface area contributed by atoms with Gasteiger partial charge in [-0.2, -0.15) is 0 Å². The van der Waals surface area contributed by atoms with Crippen molar-refractivity contribution in [1.29, 1.82) is 0 Å². The molecular formula is C14H14N2O3. The molecule has 1 aliphatic heterocycles. The zero-order valence-corrected chi connectivity index (χ0v) is 10.5. The van der Waals surface area contributed by atoms with E-state index >= 15 is 0 Å². The molecule has 0 saturated carbocycles. The monoisotopic (exact) mass is 258 g/mol. The van der Waals surface area contributed by atoms with Crippen LogP contribution in [-0.4, -0.2) is 11.8 Å². The van der Waals surface area contributed by atoms with E-state index in [1.165, 1.54) is 0 Å². The highest BCUT2D eigenvalue weighted by atomic mass is 16.7. The number of benzene rings is 1. The standard InChI is InChI=1S/C14H14N2O3/c1-9(15)12-4-2-11(7-16-12)19-10-3-5-13-14(6-10)18-8-17-13/h2-7,9H,8,15H2,1H3/t9-/m1/s1. The molecule has 2 aromatic rings. The number of aromatic nitrogens is 1. The van der Waals surface area contributed by atoms with Gasteiger partial charge in [-0.15, -0.1) is 0 Å². The molecule has 0 bridgehead atoms. The van der Waals surface area contributed by atoms with Gasteiger partial charge >= 0.3 is 0 Å². The van der Waals surface area contributed by atoms with Crippen molar-refractivity contribution in [3.8, 4) is 23.0 Å². The Morgan fingerprint density at radius 3 is 2.68 bits per heavy atom. The Hall–Kier alpha value is -2.27. The predicted molar refractivity (Wildman–Crippen MR) is 69.5 cm³/mol. The maximum absolute atomic E-state index is 5.74. The zero-order valence-electron chi connectivity index (χ0n) is 10.5. The van der Waals surface area contributed by atoms with Crippen molar-refractivity contribution in [3.63, 3.8) is 0 Å². The van der Waals surface area contributed by atoms with E-state index in [1.807, 2.05) is 31.2 Å². The molecule has 0 unspecified atom stereocenters. The van der Waals surface area contributed by atoms with Gasteiger partial charge in [-0.25, -0.2) is 0 Å². The predicted octanol–water partition coefficient (Wildman–Crippen LogP) is 2.62. The summed E-state index contributed by atoms with van der Waals surface area (Å²) in [6.07, 6.45) is 1.66. The number of ether oxygens (including phenoxy) is 3. The van der Waals surface area contributed by atoms with E-state index in [9.17, 15) is 0 Å². The second-order valence-electron chi connectivity index (χ2n) is 4.32. The summed E-state index contributed by atoms with van der Waals surface area (Å²) in [4.78, 5) is 4.24. The SMILES string of the molecule is C[C@@H](N)c1ccc(Oc2ccc3c(c2)OCO3)cn1. The van der Waals surface area contributed by atoms with E-state index in [0.717, 1.165) is 11.4 Å².